The van der Waals surface area contributed by atoms with Gasteiger partial charge < -0.3 is 14.4 Å². The van der Waals surface area contributed by atoms with E-state index in [0.717, 1.165) is 19.3 Å². The summed E-state index contributed by atoms with van der Waals surface area (Å²) in [6, 6.07) is 3.49. The molecule has 0 aliphatic carbocycles. The quantitative estimate of drug-likeness (QED) is 0.667. The lowest BCUT2D eigenvalue weighted by Crippen LogP contribution is -2.47. The van der Waals surface area contributed by atoms with Crippen LogP contribution in [-0.2, 0) is 20.1 Å². The first-order chi connectivity index (χ1) is 11.6. The molecule has 2 aliphatic heterocycles. The summed E-state index contributed by atoms with van der Waals surface area (Å²) in [5.74, 6) is -1.53. The molecule has 1 amide bonds. The molecule has 0 aromatic heterocycles. The van der Waals surface area contributed by atoms with Crippen LogP contribution in [0.3, 0.4) is 0 Å². The lowest BCUT2D eigenvalue weighted by Gasteiger charge is -2.32. The minimum atomic E-state index is -1.34. The SMILES string of the molecule is CCCCCCCN1C(=O)C2(OCCCO2)c2ccc(Cl)c(Cl)c21. The zero-order valence-corrected chi connectivity index (χ0v) is 15.5. The Kier molecular flexibility index (Phi) is 5.70. The number of hydrogen-bond acceptors (Lipinski definition) is 3. The van der Waals surface area contributed by atoms with E-state index in [4.69, 9.17) is 32.7 Å². The maximum Gasteiger partial charge on any atom is 0.292 e. The summed E-state index contributed by atoms with van der Waals surface area (Å²) in [4.78, 5) is 14.8. The Bertz CT molecular complexity index is 615. The summed E-state index contributed by atoms with van der Waals surface area (Å²) in [7, 11) is 0. The number of carbonyl (C=O) groups excluding carboxylic acids is 1. The maximum absolute atomic E-state index is 13.1. The van der Waals surface area contributed by atoms with E-state index < -0.39 is 5.79 Å². The van der Waals surface area contributed by atoms with Crippen molar-refractivity contribution in [3.05, 3.63) is 27.7 Å². The molecule has 0 atom stereocenters. The largest absolute Gasteiger partial charge is 0.338 e. The molecule has 1 saturated heterocycles. The summed E-state index contributed by atoms with van der Waals surface area (Å²) in [5.41, 5.74) is 1.32. The topological polar surface area (TPSA) is 38.8 Å². The lowest BCUT2D eigenvalue weighted by atomic mass is 10.1. The summed E-state index contributed by atoms with van der Waals surface area (Å²) in [5, 5.41) is 0.831. The minimum Gasteiger partial charge on any atom is -0.338 e. The van der Waals surface area contributed by atoms with Crippen LogP contribution in [0.2, 0.25) is 10.0 Å². The fraction of sp³-hybridized carbons (Fsp3) is 0.611. The van der Waals surface area contributed by atoms with Gasteiger partial charge in [-0.15, -0.1) is 0 Å². The number of hydrogen-bond donors (Lipinski definition) is 0. The molecule has 3 rings (SSSR count). The van der Waals surface area contributed by atoms with Gasteiger partial charge in [0.1, 0.15) is 0 Å². The van der Waals surface area contributed by atoms with Crippen LogP contribution in [0, 0.1) is 0 Å². The number of fused-ring (bicyclic) bond motifs is 2. The predicted octanol–water partition coefficient (Wildman–Crippen LogP) is 4.90. The second kappa shape index (κ2) is 7.61. The number of benzene rings is 1. The zero-order valence-electron chi connectivity index (χ0n) is 13.9. The van der Waals surface area contributed by atoms with Gasteiger partial charge in [0, 0.05) is 12.1 Å². The molecular formula is C18H23Cl2NO3. The van der Waals surface area contributed by atoms with Crippen LogP contribution in [0.5, 0.6) is 0 Å². The first-order valence-electron chi connectivity index (χ1n) is 8.70. The van der Waals surface area contributed by atoms with Crippen molar-refractivity contribution < 1.29 is 14.3 Å². The fourth-order valence-corrected chi connectivity index (χ4v) is 3.78. The van der Waals surface area contributed by atoms with Crippen molar-refractivity contribution in [1.29, 1.82) is 0 Å². The van der Waals surface area contributed by atoms with Crippen molar-refractivity contribution in [2.45, 2.75) is 51.2 Å². The Hall–Kier alpha value is -0.810. The standard InChI is InChI=1S/C18H23Cl2NO3/c1-2-3-4-5-6-10-21-16-13(8-9-14(19)15(16)20)18(17(21)22)23-11-7-12-24-18/h8-9H,2-7,10-12H2,1H3. The summed E-state index contributed by atoms with van der Waals surface area (Å²) < 4.78 is 11.6. The molecule has 0 N–H and O–H groups in total. The van der Waals surface area contributed by atoms with Crippen molar-refractivity contribution in [1.82, 2.24) is 0 Å². The third kappa shape index (κ3) is 3.05. The van der Waals surface area contributed by atoms with E-state index in [9.17, 15) is 4.79 Å². The molecule has 1 aromatic rings. The first kappa shape index (κ1) is 18.0. The first-order valence-corrected chi connectivity index (χ1v) is 9.45. The monoisotopic (exact) mass is 371 g/mol. The Morgan fingerprint density at radius 1 is 1.12 bits per heavy atom. The number of amides is 1. The summed E-state index contributed by atoms with van der Waals surface area (Å²) in [6.07, 6.45) is 6.37. The van der Waals surface area contributed by atoms with Crippen LogP contribution in [0.25, 0.3) is 0 Å². The Morgan fingerprint density at radius 2 is 1.83 bits per heavy atom. The molecular weight excluding hydrogens is 349 g/mol. The molecule has 2 aliphatic rings. The number of nitrogens with zero attached hydrogens (tertiary/aromatic N) is 1. The molecule has 1 fully saturated rings. The molecule has 2 heterocycles. The second-order valence-corrected chi connectivity index (χ2v) is 7.08. The molecule has 1 aromatic carbocycles. The van der Waals surface area contributed by atoms with Crippen LogP contribution < -0.4 is 4.90 Å². The van der Waals surface area contributed by atoms with E-state index >= 15 is 0 Å². The highest BCUT2D eigenvalue weighted by Crippen LogP contribution is 2.50. The normalized spacial score (nSPS) is 19.1. The van der Waals surface area contributed by atoms with Gasteiger partial charge in [0.2, 0.25) is 0 Å². The van der Waals surface area contributed by atoms with E-state index in [1.807, 2.05) is 0 Å². The average Bonchev–Trinajstić information content (AvgIpc) is 2.81. The fourth-order valence-electron chi connectivity index (χ4n) is 3.36. The van der Waals surface area contributed by atoms with Gasteiger partial charge in [0.25, 0.3) is 11.7 Å². The van der Waals surface area contributed by atoms with E-state index in [0.29, 0.717) is 41.1 Å². The number of carbonyl (C=O) groups is 1. The van der Waals surface area contributed by atoms with Crippen LogP contribution in [0.15, 0.2) is 12.1 Å². The van der Waals surface area contributed by atoms with E-state index in [-0.39, 0.29) is 5.91 Å². The molecule has 1 spiro atoms. The second-order valence-electron chi connectivity index (χ2n) is 6.30. The Labute approximate surface area is 153 Å². The van der Waals surface area contributed by atoms with Gasteiger partial charge in [-0.3, -0.25) is 4.79 Å². The van der Waals surface area contributed by atoms with Gasteiger partial charge in [0.05, 0.1) is 28.9 Å². The van der Waals surface area contributed by atoms with E-state index in [2.05, 4.69) is 6.92 Å². The number of anilines is 1. The van der Waals surface area contributed by atoms with Gasteiger partial charge in [-0.05, 0) is 25.0 Å². The highest BCUT2D eigenvalue weighted by Gasteiger charge is 2.55. The van der Waals surface area contributed by atoms with Crippen LogP contribution in [0.1, 0.15) is 51.0 Å². The molecule has 0 bridgehead atoms. The van der Waals surface area contributed by atoms with E-state index in [1.165, 1.54) is 19.3 Å². The molecule has 0 unspecified atom stereocenters. The molecule has 6 heteroatoms. The number of halogens is 2. The number of ether oxygens (including phenoxy) is 2. The molecule has 24 heavy (non-hydrogen) atoms. The van der Waals surface area contributed by atoms with Gasteiger partial charge >= 0.3 is 0 Å². The smallest absolute Gasteiger partial charge is 0.292 e. The summed E-state index contributed by atoms with van der Waals surface area (Å²) in [6.45, 7) is 3.78. The van der Waals surface area contributed by atoms with Crippen molar-refractivity contribution in [2.24, 2.45) is 0 Å². The Morgan fingerprint density at radius 3 is 2.54 bits per heavy atom. The van der Waals surface area contributed by atoms with Crippen molar-refractivity contribution in [2.75, 3.05) is 24.7 Å². The van der Waals surface area contributed by atoms with Crippen molar-refractivity contribution in [3.8, 4) is 0 Å². The van der Waals surface area contributed by atoms with Crippen LogP contribution in [0.4, 0.5) is 5.69 Å². The van der Waals surface area contributed by atoms with Gasteiger partial charge in [0.15, 0.2) is 0 Å². The van der Waals surface area contributed by atoms with Crippen molar-refractivity contribution >= 4 is 34.8 Å². The third-order valence-electron chi connectivity index (χ3n) is 4.60. The number of rotatable bonds is 6. The van der Waals surface area contributed by atoms with Gasteiger partial charge in [-0.1, -0.05) is 55.8 Å². The van der Waals surface area contributed by atoms with Gasteiger partial charge in [-0.2, -0.15) is 0 Å². The highest BCUT2D eigenvalue weighted by atomic mass is 35.5. The minimum absolute atomic E-state index is 0.183. The molecule has 132 valence electrons. The predicted molar refractivity (Wildman–Crippen MR) is 95.8 cm³/mol. The van der Waals surface area contributed by atoms with Crippen molar-refractivity contribution in [3.63, 3.8) is 0 Å². The van der Waals surface area contributed by atoms with Crippen LogP contribution in [-0.4, -0.2) is 25.7 Å². The van der Waals surface area contributed by atoms with Crippen LogP contribution >= 0.6 is 23.2 Å². The molecule has 0 radical (unpaired) electrons. The Balaban J connectivity index is 1.88. The summed E-state index contributed by atoms with van der Waals surface area (Å²) >= 11 is 12.6. The highest BCUT2D eigenvalue weighted by molar-refractivity contribution is 6.44. The average molecular weight is 372 g/mol. The number of unbranched alkanes of at least 4 members (excludes halogenated alkanes) is 4. The maximum atomic E-state index is 13.1. The zero-order chi connectivity index (χ0) is 17.2. The third-order valence-corrected chi connectivity index (χ3v) is 5.40. The molecule has 4 nitrogen and oxygen atoms in total. The van der Waals surface area contributed by atoms with Gasteiger partial charge in [-0.25, -0.2) is 0 Å². The lowest BCUT2D eigenvalue weighted by molar-refractivity contribution is -0.256. The van der Waals surface area contributed by atoms with E-state index in [1.54, 1.807) is 17.0 Å². The molecule has 0 saturated carbocycles.